The molecule has 1 aliphatic heterocycles. The van der Waals surface area contributed by atoms with Crippen LogP contribution in [0.5, 0.6) is 0 Å². The van der Waals surface area contributed by atoms with Crippen LogP contribution in [0.4, 0.5) is 0 Å². The molecule has 3 aromatic carbocycles. The highest BCUT2D eigenvalue weighted by Gasteiger charge is 2.31. The second kappa shape index (κ2) is 4.73. The van der Waals surface area contributed by atoms with Crippen LogP contribution >= 0.6 is 0 Å². The molecule has 5 aromatic rings. The maximum Gasteiger partial charge on any atom is 0.295 e. The Morgan fingerprint density at radius 1 is 1.04 bits per heavy atom. The van der Waals surface area contributed by atoms with Gasteiger partial charge in [-0.2, -0.15) is 4.40 Å². The van der Waals surface area contributed by atoms with E-state index in [0.717, 1.165) is 0 Å². The van der Waals surface area contributed by atoms with E-state index in [1.807, 2.05) is 0 Å². The number of nitrogens with zero attached hydrogens (tertiary/aromatic N) is 2. The summed E-state index contributed by atoms with van der Waals surface area (Å²) in [7, 11) is 0. The predicted octanol–water partition coefficient (Wildman–Crippen LogP) is 5.18. The lowest BCUT2D eigenvalue weighted by atomic mass is 10.0. The number of imidazole rings is 1. The minimum atomic E-state index is -3.03. The van der Waals surface area contributed by atoms with Gasteiger partial charge in [0, 0.05) is 26.0 Å². The third kappa shape index (κ3) is 1.64. The molecule has 0 saturated heterocycles. The molecule has 0 aliphatic carbocycles. The number of fused-ring (bicyclic) bond motifs is 3. The van der Waals surface area contributed by atoms with Crippen molar-refractivity contribution in [1.29, 1.82) is 0 Å². The van der Waals surface area contributed by atoms with Crippen LogP contribution in [-0.4, -0.2) is 4.57 Å². The highest BCUT2D eigenvalue weighted by atomic mass is 15.1. The smallest absolute Gasteiger partial charge is 0.225 e. The Bertz CT molecular complexity index is 2040. The normalized spacial score (nSPS) is 21.0. The van der Waals surface area contributed by atoms with Gasteiger partial charge in [0.05, 0.1) is 19.1 Å². The molecule has 2 aromatic heterocycles. The van der Waals surface area contributed by atoms with Crippen LogP contribution in [0.3, 0.4) is 0 Å². The highest BCUT2D eigenvalue weighted by Crippen LogP contribution is 2.36. The summed E-state index contributed by atoms with van der Waals surface area (Å²) in [5, 5.41) is 0.364. The zero-order chi connectivity index (χ0) is 29.5. The van der Waals surface area contributed by atoms with E-state index in [2.05, 4.69) is 0 Å². The summed E-state index contributed by atoms with van der Waals surface area (Å²) < 4.78 is 121. The summed E-state index contributed by atoms with van der Waals surface area (Å²) in [5.41, 5.74) is -1.01. The van der Waals surface area contributed by atoms with Crippen molar-refractivity contribution in [3.63, 3.8) is 0 Å². The van der Waals surface area contributed by atoms with Crippen molar-refractivity contribution in [2.75, 3.05) is 0 Å². The van der Waals surface area contributed by atoms with Crippen LogP contribution < -0.4 is 4.40 Å². The molecule has 0 fully saturated rings. The van der Waals surface area contributed by atoms with E-state index in [9.17, 15) is 0 Å². The zero-order valence-electron chi connectivity index (χ0n) is 27.6. The van der Waals surface area contributed by atoms with Crippen molar-refractivity contribution in [1.82, 2.24) is 4.57 Å². The molecular formula is C24H19N2+. The monoisotopic (exact) mass is 349 g/mol. The summed E-state index contributed by atoms with van der Waals surface area (Å²) in [4.78, 5) is 0. The van der Waals surface area contributed by atoms with Gasteiger partial charge in [0.25, 0.3) is 5.65 Å². The first kappa shape index (κ1) is 6.24. The first-order valence-corrected chi connectivity index (χ1v) is 8.04. The van der Waals surface area contributed by atoms with Gasteiger partial charge in [0.15, 0.2) is 5.69 Å². The Hall–Kier alpha value is -3.13. The minimum Gasteiger partial charge on any atom is -0.225 e. The molecule has 0 spiro atoms. The van der Waals surface area contributed by atoms with E-state index >= 15 is 0 Å². The molecule has 0 atom stereocenters. The maximum atomic E-state index is 9.12. The van der Waals surface area contributed by atoms with E-state index in [0.29, 0.717) is 5.56 Å². The van der Waals surface area contributed by atoms with E-state index in [4.69, 9.17) is 19.2 Å². The van der Waals surface area contributed by atoms with E-state index < -0.39 is 54.2 Å². The standard InChI is InChI=1S/C24H19N2/c1-15-10-11-21-20(12-15)19-9-5-7-17-13-25-14-22(26(21)24(25)23(17)19)18-8-4-3-6-16(18)2/h3-12,14H,13H2,1-2H3/q+1/i2D3,3D,4D,5D,6D,7D,8D,9D,10D,11D,12D,14D. The topological polar surface area (TPSA) is 9.03 Å². The molecular weight excluding hydrogens is 316 g/mol. The molecule has 0 N–H and O–H groups in total. The number of rotatable bonds is 1. The van der Waals surface area contributed by atoms with E-state index in [-0.39, 0.29) is 75.5 Å². The first-order chi connectivity index (χ1) is 18.5. The molecule has 124 valence electrons. The largest absolute Gasteiger partial charge is 0.295 e. The Morgan fingerprint density at radius 2 is 1.96 bits per heavy atom. The van der Waals surface area contributed by atoms with E-state index in [1.165, 1.54) is 15.9 Å². The van der Waals surface area contributed by atoms with Crippen LogP contribution in [0.2, 0.25) is 0 Å². The third-order valence-electron chi connectivity index (χ3n) is 4.74. The Balaban J connectivity index is 2.04. The Morgan fingerprint density at radius 3 is 2.88 bits per heavy atom. The maximum absolute atomic E-state index is 9.12. The molecule has 0 radical (unpaired) electrons. The molecule has 0 amide bonds. The number of benzene rings is 3. The van der Waals surface area contributed by atoms with E-state index in [1.54, 1.807) is 0 Å². The quantitative estimate of drug-likeness (QED) is 0.286. The first-order valence-electron chi connectivity index (χ1n) is 15.0. The summed E-state index contributed by atoms with van der Waals surface area (Å²) in [6.07, 6.45) is -0.379. The van der Waals surface area contributed by atoms with Crippen molar-refractivity contribution in [2.45, 2.75) is 20.3 Å². The van der Waals surface area contributed by atoms with Gasteiger partial charge >= 0.3 is 0 Å². The van der Waals surface area contributed by atoms with Crippen molar-refractivity contribution >= 4 is 27.3 Å². The summed E-state index contributed by atoms with van der Waals surface area (Å²) >= 11 is 0. The molecule has 1 aliphatic rings. The summed E-state index contributed by atoms with van der Waals surface area (Å²) in [6, 6.07) is -4.95. The van der Waals surface area contributed by atoms with Crippen LogP contribution in [0, 0.1) is 13.8 Å². The highest BCUT2D eigenvalue weighted by molar-refractivity contribution is 6.11. The Labute approximate surface area is 171 Å². The molecule has 2 nitrogen and oxygen atoms in total. The van der Waals surface area contributed by atoms with Crippen molar-refractivity contribution < 1.29 is 23.6 Å². The van der Waals surface area contributed by atoms with Gasteiger partial charge in [0.1, 0.15) is 19.6 Å². The lowest BCUT2D eigenvalue weighted by molar-refractivity contribution is -0.466. The summed E-state index contributed by atoms with van der Waals surface area (Å²) in [6.45, 7) is -1.69. The predicted molar refractivity (Wildman–Crippen MR) is 107 cm³/mol. The molecule has 2 heteroatoms. The SMILES string of the molecule is [2H]c1c([2H])c([2H])c(C([2H])([2H])[2H])c(-c2c([2H])n3c4c5c(c([2H])c([2H])c([2H])c5c5c([2H])c(C)c([2H])c([2H])c5[n+]24)C3)c1[2H]. The minimum absolute atomic E-state index is 0.00215. The Kier molecular flexibility index (Phi) is 1.14. The zero-order valence-corrected chi connectivity index (χ0v) is 13.6. The van der Waals surface area contributed by atoms with Gasteiger partial charge in [-0.1, -0.05) is 53.9 Å². The molecule has 0 saturated carbocycles. The second-order valence-corrected chi connectivity index (χ2v) is 6.28. The van der Waals surface area contributed by atoms with Gasteiger partial charge < -0.3 is 0 Å². The fourth-order valence-corrected chi connectivity index (χ4v) is 3.69. The van der Waals surface area contributed by atoms with Crippen molar-refractivity contribution in [2.24, 2.45) is 0 Å². The molecule has 26 heavy (non-hydrogen) atoms. The molecule has 3 heterocycles. The third-order valence-corrected chi connectivity index (χ3v) is 4.74. The summed E-state index contributed by atoms with van der Waals surface area (Å²) in [5.74, 6) is 0. The number of hydrogen-bond acceptors (Lipinski definition) is 0. The molecule has 0 bridgehead atoms. The fraction of sp³-hybridized carbons (Fsp3) is 0.125. The lowest BCUT2D eigenvalue weighted by Crippen LogP contribution is -2.24. The average Bonchev–Trinajstić information content (AvgIpc) is 3.41. The average molecular weight is 350 g/mol. The second-order valence-electron chi connectivity index (χ2n) is 6.28. The molecule has 0 unspecified atom stereocenters. The van der Waals surface area contributed by atoms with Gasteiger partial charge in [-0.3, -0.25) is 0 Å². The van der Waals surface area contributed by atoms with Crippen LogP contribution in [0.15, 0.2) is 66.6 Å². The van der Waals surface area contributed by atoms with Gasteiger partial charge in [0.2, 0.25) is 0 Å². The number of aromatic nitrogens is 2. The van der Waals surface area contributed by atoms with Crippen LogP contribution in [-0.2, 0) is 6.54 Å². The van der Waals surface area contributed by atoms with Gasteiger partial charge in [-0.25, -0.2) is 4.57 Å². The molecule has 6 rings (SSSR count). The van der Waals surface area contributed by atoms with Crippen LogP contribution in [0.25, 0.3) is 38.6 Å². The van der Waals surface area contributed by atoms with Crippen molar-refractivity contribution in [3.05, 3.63) is 83.3 Å². The van der Waals surface area contributed by atoms with Crippen molar-refractivity contribution in [3.8, 4) is 11.3 Å². The lowest BCUT2D eigenvalue weighted by Gasteiger charge is -2.07. The number of hydrogen-bond donors (Lipinski definition) is 0. The fourth-order valence-electron chi connectivity index (χ4n) is 3.69. The van der Waals surface area contributed by atoms with Gasteiger partial charge in [-0.15, -0.1) is 0 Å². The number of pyridine rings is 1. The van der Waals surface area contributed by atoms with Gasteiger partial charge in [-0.05, 0) is 31.4 Å². The van der Waals surface area contributed by atoms with Crippen LogP contribution in [0.1, 0.15) is 35.9 Å².